The van der Waals surface area contributed by atoms with Crippen LogP contribution in [0.5, 0.6) is 0 Å². The molecule has 0 unspecified atom stereocenters. The summed E-state index contributed by atoms with van der Waals surface area (Å²) in [5.41, 5.74) is 0.227. The first-order valence-electron chi connectivity index (χ1n) is 8.57. The van der Waals surface area contributed by atoms with Gasteiger partial charge in [0.05, 0.1) is 16.9 Å². The van der Waals surface area contributed by atoms with Gasteiger partial charge < -0.3 is 10.2 Å². The van der Waals surface area contributed by atoms with Crippen molar-refractivity contribution in [2.45, 2.75) is 0 Å². The predicted octanol–water partition coefficient (Wildman–Crippen LogP) is 3.20. The fourth-order valence-electron chi connectivity index (χ4n) is 3.17. The molecule has 0 radical (unpaired) electrons. The average Bonchev–Trinajstić information content (AvgIpc) is 3.08. The highest BCUT2D eigenvalue weighted by atomic mass is 32.1. The van der Waals surface area contributed by atoms with Gasteiger partial charge in [-0.25, -0.2) is 4.39 Å². The van der Waals surface area contributed by atoms with E-state index >= 15 is 0 Å². The Morgan fingerprint density at radius 2 is 1.81 bits per heavy atom. The number of anilines is 2. The van der Waals surface area contributed by atoms with Crippen molar-refractivity contribution in [2.75, 3.05) is 42.9 Å². The second-order valence-electron chi connectivity index (χ2n) is 6.29. The zero-order valence-electron chi connectivity index (χ0n) is 14.2. The van der Waals surface area contributed by atoms with Crippen LogP contribution in [0.25, 0.3) is 10.1 Å². The van der Waals surface area contributed by atoms with Crippen LogP contribution in [-0.4, -0.2) is 47.9 Å². The van der Waals surface area contributed by atoms with Crippen LogP contribution in [0, 0.1) is 5.82 Å². The van der Waals surface area contributed by atoms with Gasteiger partial charge in [-0.2, -0.15) is 4.37 Å². The van der Waals surface area contributed by atoms with E-state index in [2.05, 4.69) is 31.6 Å². The van der Waals surface area contributed by atoms with Crippen molar-refractivity contribution < 1.29 is 9.18 Å². The number of fused-ring (bicyclic) bond motifs is 1. The number of amides is 1. The lowest BCUT2D eigenvalue weighted by Crippen LogP contribution is -2.48. The summed E-state index contributed by atoms with van der Waals surface area (Å²) in [6.07, 6.45) is 0. The van der Waals surface area contributed by atoms with Crippen LogP contribution in [0.4, 0.5) is 15.9 Å². The van der Waals surface area contributed by atoms with Gasteiger partial charge in [-0.3, -0.25) is 9.69 Å². The SMILES string of the molecule is O=C(CN1CCN(c2nsc3ccccc23)CC1)Nc1ccccc1F. The van der Waals surface area contributed by atoms with Gasteiger partial charge in [0.15, 0.2) is 0 Å². The zero-order chi connectivity index (χ0) is 17.9. The Morgan fingerprint density at radius 1 is 1.08 bits per heavy atom. The van der Waals surface area contributed by atoms with Crippen LogP contribution >= 0.6 is 11.5 Å². The van der Waals surface area contributed by atoms with Gasteiger partial charge in [-0.05, 0) is 35.8 Å². The molecule has 134 valence electrons. The molecule has 1 fully saturated rings. The normalized spacial score (nSPS) is 15.3. The first kappa shape index (κ1) is 16.9. The van der Waals surface area contributed by atoms with E-state index < -0.39 is 5.82 Å². The van der Waals surface area contributed by atoms with E-state index in [9.17, 15) is 9.18 Å². The highest BCUT2D eigenvalue weighted by Crippen LogP contribution is 2.29. The molecule has 2 heterocycles. The summed E-state index contributed by atoms with van der Waals surface area (Å²) in [4.78, 5) is 16.5. The van der Waals surface area contributed by atoms with Gasteiger partial charge in [-0.1, -0.05) is 24.3 Å². The molecule has 3 aromatic rings. The lowest BCUT2D eigenvalue weighted by Gasteiger charge is -2.34. The standard InChI is InChI=1S/C19H19FN4OS/c20-15-6-2-3-7-16(15)21-18(25)13-23-9-11-24(12-10-23)19-14-5-1-4-8-17(14)26-22-19/h1-8H,9-13H2,(H,21,25). The molecule has 1 amide bonds. The van der Waals surface area contributed by atoms with Crippen LogP contribution in [0.15, 0.2) is 48.5 Å². The molecule has 0 bridgehead atoms. The van der Waals surface area contributed by atoms with E-state index in [1.54, 1.807) is 18.2 Å². The van der Waals surface area contributed by atoms with Crippen molar-refractivity contribution in [3.05, 3.63) is 54.3 Å². The predicted molar refractivity (Wildman–Crippen MR) is 103 cm³/mol. The molecular formula is C19H19FN4OS. The van der Waals surface area contributed by atoms with E-state index in [-0.39, 0.29) is 18.1 Å². The van der Waals surface area contributed by atoms with Gasteiger partial charge in [-0.15, -0.1) is 0 Å². The Hall–Kier alpha value is -2.51. The average molecular weight is 370 g/mol. The summed E-state index contributed by atoms with van der Waals surface area (Å²) < 4.78 is 19.4. The molecule has 2 aromatic carbocycles. The molecule has 4 rings (SSSR count). The number of para-hydroxylation sites is 1. The minimum atomic E-state index is -0.416. The molecule has 0 atom stereocenters. The molecule has 1 N–H and O–H groups in total. The quantitative estimate of drug-likeness (QED) is 0.766. The first-order chi connectivity index (χ1) is 12.7. The Morgan fingerprint density at radius 3 is 2.62 bits per heavy atom. The van der Waals surface area contributed by atoms with E-state index in [0.29, 0.717) is 0 Å². The van der Waals surface area contributed by atoms with Crippen LogP contribution < -0.4 is 10.2 Å². The second kappa shape index (κ2) is 7.39. The van der Waals surface area contributed by atoms with Crippen molar-refractivity contribution in [2.24, 2.45) is 0 Å². The van der Waals surface area contributed by atoms with Gasteiger partial charge in [0.25, 0.3) is 0 Å². The molecule has 26 heavy (non-hydrogen) atoms. The Labute approximate surface area is 155 Å². The van der Waals surface area contributed by atoms with Crippen molar-refractivity contribution in [1.82, 2.24) is 9.27 Å². The number of hydrogen-bond acceptors (Lipinski definition) is 5. The summed E-state index contributed by atoms with van der Waals surface area (Å²) in [6, 6.07) is 14.5. The molecule has 7 heteroatoms. The second-order valence-corrected chi connectivity index (χ2v) is 7.10. The minimum absolute atomic E-state index is 0.192. The largest absolute Gasteiger partial charge is 0.353 e. The van der Waals surface area contributed by atoms with E-state index in [0.717, 1.165) is 32.0 Å². The number of carbonyl (C=O) groups is 1. The summed E-state index contributed by atoms with van der Waals surface area (Å²) in [6.45, 7) is 3.45. The number of piperazine rings is 1. The number of nitrogens with one attached hydrogen (secondary N) is 1. The van der Waals surface area contributed by atoms with Gasteiger partial charge in [0.2, 0.25) is 5.91 Å². The highest BCUT2D eigenvalue weighted by Gasteiger charge is 2.22. The number of benzene rings is 2. The Kier molecular flexibility index (Phi) is 4.81. The lowest BCUT2D eigenvalue weighted by molar-refractivity contribution is -0.117. The molecule has 1 aromatic heterocycles. The third-order valence-corrected chi connectivity index (χ3v) is 5.36. The summed E-state index contributed by atoms with van der Waals surface area (Å²) in [7, 11) is 0. The number of halogens is 1. The number of carbonyl (C=O) groups excluding carboxylic acids is 1. The highest BCUT2D eigenvalue weighted by molar-refractivity contribution is 7.13. The van der Waals surface area contributed by atoms with Crippen LogP contribution in [0.1, 0.15) is 0 Å². The summed E-state index contributed by atoms with van der Waals surface area (Å²) in [5, 5.41) is 3.82. The summed E-state index contributed by atoms with van der Waals surface area (Å²) >= 11 is 1.52. The maximum atomic E-state index is 13.6. The molecule has 0 aliphatic carbocycles. The number of aromatic nitrogens is 1. The fraction of sp³-hybridized carbons (Fsp3) is 0.263. The molecule has 5 nitrogen and oxygen atoms in total. The number of rotatable bonds is 4. The monoisotopic (exact) mass is 370 g/mol. The molecule has 1 aliphatic heterocycles. The van der Waals surface area contributed by atoms with Crippen LogP contribution in [0.3, 0.4) is 0 Å². The molecule has 1 aliphatic rings. The molecule has 1 saturated heterocycles. The third kappa shape index (κ3) is 3.54. The van der Waals surface area contributed by atoms with Crippen LogP contribution in [0.2, 0.25) is 0 Å². The molecule has 0 spiro atoms. The van der Waals surface area contributed by atoms with E-state index in [4.69, 9.17) is 0 Å². The first-order valence-corrected chi connectivity index (χ1v) is 9.34. The topological polar surface area (TPSA) is 48.5 Å². The van der Waals surface area contributed by atoms with E-state index in [1.165, 1.54) is 27.7 Å². The minimum Gasteiger partial charge on any atom is -0.353 e. The smallest absolute Gasteiger partial charge is 0.238 e. The Balaban J connectivity index is 1.34. The zero-order valence-corrected chi connectivity index (χ0v) is 15.0. The van der Waals surface area contributed by atoms with Crippen LogP contribution in [-0.2, 0) is 4.79 Å². The van der Waals surface area contributed by atoms with Gasteiger partial charge in [0.1, 0.15) is 11.6 Å². The lowest BCUT2D eigenvalue weighted by atomic mass is 10.2. The molecule has 0 saturated carbocycles. The van der Waals surface area contributed by atoms with Crippen molar-refractivity contribution >= 4 is 39.0 Å². The Bertz CT molecular complexity index is 921. The maximum absolute atomic E-state index is 13.6. The maximum Gasteiger partial charge on any atom is 0.238 e. The summed E-state index contributed by atoms with van der Waals surface area (Å²) in [5.74, 6) is 0.421. The number of hydrogen-bond donors (Lipinski definition) is 1. The van der Waals surface area contributed by atoms with Crippen molar-refractivity contribution in [1.29, 1.82) is 0 Å². The third-order valence-electron chi connectivity index (χ3n) is 4.55. The fourth-order valence-corrected chi connectivity index (χ4v) is 3.97. The van der Waals surface area contributed by atoms with Crippen molar-refractivity contribution in [3.63, 3.8) is 0 Å². The van der Waals surface area contributed by atoms with E-state index in [1.807, 2.05) is 12.1 Å². The van der Waals surface area contributed by atoms with Gasteiger partial charge >= 0.3 is 0 Å². The molecular weight excluding hydrogens is 351 g/mol. The number of nitrogens with zero attached hydrogens (tertiary/aromatic N) is 3. The van der Waals surface area contributed by atoms with Crippen molar-refractivity contribution in [3.8, 4) is 0 Å². The van der Waals surface area contributed by atoms with Gasteiger partial charge in [0, 0.05) is 31.6 Å².